The number of benzene rings is 1. The normalized spacial score (nSPS) is 25.5. The molecule has 3 unspecified atom stereocenters. The maximum atomic E-state index is 12.5. The predicted molar refractivity (Wildman–Crippen MR) is 76.2 cm³/mol. The van der Waals surface area contributed by atoms with Gasteiger partial charge in [0.2, 0.25) is 0 Å². The third kappa shape index (κ3) is 2.52. The minimum Gasteiger partial charge on any atom is -0.430 e. The van der Waals surface area contributed by atoms with Crippen LogP contribution >= 0.6 is 0 Å². The van der Waals surface area contributed by atoms with Gasteiger partial charge < -0.3 is 10.2 Å². The summed E-state index contributed by atoms with van der Waals surface area (Å²) in [6.45, 7) is 2.22. The number of anilines is 1. The van der Waals surface area contributed by atoms with Crippen LogP contribution in [0.3, 0.4) is 0 Å². The number of hydrogen-bond acceptors (Lipinski definition) is 4. The quantitative estimate of drug-likeness (QED) is 0.857. The van der Waals surface area contributed by atoms with Gasteiger partial charge in [-0.3, -0.25) is 0 Å². The van der Waals surface area contributed by atoms with Crippen LogP contribution in [0, 0.1) is 5.92 Å². The second kappa shape index (κ2) is 4.96. The summed E-state index contributed by atoms with van der Waals surface area (Å²) in [6, 6.07) is 5.31. The van der Waals surface area contributed by atoms with Gasteiger partial charge in [0.15, 0.2) is 5.58 Å². The third-order valence-corrected chi connectivity index (χ3v) is 5.31. The lowest BCUT2D eigenvalue weighted by molar-refractivity contribution is 0.384. The molecular formula is C14H18N2O2S. The van der Waals surface area contributed by atoms with Crippen molar-refractivity contribution in [2.24, 2.45) is 5.92 Å². The molecule has 1 aliphatic rings. The maximum absolute atomic E-state index is 12.5. The van der Waals surface area contributed by atoms with Crippen LogP contribution in [0.1, 0.15) is 32.6 Å². The summed E-state index contributed by atoms with van der Waals surface area (Å²) in [7, 11) is -1.15. The van der Waals surface area contributed by atoms with Gasteiger partial charge in [-0.2, -0.15) is 0 Å². The first-order valence-electron chi connectivity index (χ1n) is 6.70. The highest BCUT2D eigenvalue weighted by Crippen LogP contribution is 2.30. The molecule has 0 saturated heterocycles. The fraction of sp³-hybridized carbons (Fsp3) is 0.500. The lowest BCUT2D eigenvalue weighted by Gasteiger charge is -2.24. The second-order valence-corrected chi connectivity index (χ2v) is 7.01. The van der Waals surface area contributed by atoms with E-state index in [1.807, 2.05) is 0 Å². The molecule has 0 bridgehead atoms. The Hall–Kier alpha value is -1.36. The number of rotatable bonds is 2. The maximum Gasteiger partial charge on any atom is 0.288 e. The summed E-state index contributed by atoms with van der Waals surface area (Å²) in [5.41, 5.74) is 7.68. The molecule has 1 fully saturated rings. The summed E-state index contributed by atoms with van der Waals surface area (Å²) in [5, 5.41) is 0.522. The van der Waals surface area contributed by atoms with Gasteiger partial charge >= 0.3 is 0 Å². The average Bonchev–Trinajstić information content (AvgIpc) is 2.80. The fourth-order valence-corrected chi connectivity index (χ4v) is 4.25. The molecule has 1 aromatic heterocycles. The summed E-state index contributed by atoms with van der Waals surface area (Å²) in [4.78, 5) is 4.33. The fourth-order valence-electron chi connectivity index (χ4n) is 2.72. The molecule has 1 saturated carbocycles. The Labute approximate surface area is 114 Å². The van der Waals surface area contributed by atoms with E-state index < -0.39 is 10.8 Å². The Morgan fingerprint density at radius 2 is 2.26 bits per heavy atom. The number of nitrogens with zero attached hydrogens (tertiary/aromatic N) is 1. The van der Waals surface area contributed by atoms with Crippen molar-refractivity contribution in [3.05, 3.63) is 18.2 Å². The van der Waals surface area contributed by atoms with Crippen LogP contribution < -0.4 is 5.73 Å². The zero-order valence-corrected chi connectivity index (χ0v) is 11.8. The molecule has 0 radical (unpaired) electrons. The molecule has 5 heteroatoms. The highest BCUT2D eigenvalue weighted by Gasteiger charge is 2.27. The standard InChI is InChI=1S/C14H18N2O2S/c1-9-3-2-4-11(7-9)19(17)14-16-12-6-5-10(15)8-13(12)18-14/h5-6,8-9,11H,2-4,7,15H2,1H3. The molecule has 2 aromatic rings. The number of fused-ring (bicyclic) bond motifs is 1. The van der Waals surface area contributed by atoms with Gasteiger partial charge in [-0.25, -0.2) is 9.19 Å². The average molecular weight is 278 g/mol. The molecular weight excluding hydrogens is 260 g/mol. The van der Waals surface area contributed by atoms with Gasteiger partial charge in [-0.1, -0.05) is 19.8 Å². The van der Waals surface area contributed by atoms with Crippen LogP contribution in [-0.2, 0) is 10.8 Å². The lowest BCUT2D eigenvalue weighted by Crippen LogP contribution is -2.23. The van der Waals surface area contributed by atoms with E-state index in [1.54, 1.807) is 18.2 Å². The van der Waals surface area contributed by atoms with Gasteiger partial charge in [0.05, 0.1) is 0 Å². The smallest absolute Gasteiger partial charge is 0.288 e. The largest absolute Gasteiger partial charge is 0.430 e. The number of nitrogens with two attached hydrogens (primary N) is 1. The van der Waals surface area contributed by atoms with Crippen molar-refractivity contribution in [1.82, 2.24) is 4.98 Å². The minimum atomic E-state index is -1.15. The first kappa shape index (κ1) is 12.7. The molecule has 0 aliphatic heterocycles. The highest BCUT2D eigenvalue weighted by atomic mass is 32.2. The second-order valence-electron chi connectivity index (χ2n) is 5.40. The SMILES string of the molecule is CC1CCCC(S(=O)c2nc3ccc(N)cc3o2)C1. The van der Waals surface area contributed by atoms with Crippen LogP contribution in [0.2, 0.25) is 0 Å². The van der Waals surface area contributed by atoms with E-state index >= 15 is 0 Å². The summed E-state index contributed by atoms with van der Waals surface area (Å²) in [5.74, 6) is 0.641. The molecule has 3 rings (SSSR count). The van der Waals surface area contributed by atoms with E-state index in [1.165, 1.54) is 6.42 Å². The number of hydrogen-bond donors (Lipinski definition) is 1. The topological polar surface area (TPSA) is 69.1 Å². The lowest BCUT2D eigenvalue weighted by atomic mass is 9.91. The van der Waals surface area contributed by atoms with E-state index in [9.17, 15) is 4.21 Å². The minimum absolute atomic E-state index is 0.175. The third-order valence-electron chi connectivity index (χ3n) is 3.76. The molecule has 2 N–H and O–H groups in total. The van der Waals surface area contributed by atoms with Gasteiger partial charge in [0, 0.05) is 17.0 Å². The summed E-state index contributed by atoms with van der Waals surface area (Å²) < 4.78 is 18.1. The Kier molecular flexibility index (Phi) is 3.31. The molecule has 19 heavy (non-hydrogen) atoms. The van der Waals surface area contributed by atoms with Crippen molar-refractivity contribution in [3.8, 4) is 0 Å². The molecule has 1 heterocycles. The Bertz CT molecular complexity index is 623. The van der Waals surface area contributed by atoms with Crippen molar-refractivity contribution in [2.45, 2.75) is 43.1 Å². The van der Waals surface area contributed by atoms with E-state index in [0.29, 0.717) is 22.4 Å². The molecule has 4 nitrogen and oxygen atoms in total. The van der Waals surface area contributed by atoms with Crippen molar-refractivity contribution >= 4 is 27.6 Å². The van der Waals surface area contributed by atoms with E-state index in [0.717, 1.165) is 24.8 Å². The molecule has 0 amide bonds. The highest BCUT2D eigenvalue weighted by molar-refractivity contribution is 7.85. The van der Waals surface area contributed by atoms with Crippen molar-refractivity contribution < 1.29 is 8.63 Å². The van der Waals surface area contributed by atoms with Crippen molar-refractivity contribution in [3.63, 3.8) is 0 Å². The van der Waals surface area contributed by atoms with Crippen molar-refractivity contribution in [2.75, 3.05) is 5.73 Å². The van der Waals surface area contributed by atoms with Gasteiger partial charge in [-0.05, 0) is 30.9 Å². The van der Waals surface area contributed by atoms with Crippen molar-refractivity contribution in [1.29, 1.82) is 0 Å². The van der Waals surface area contributed by atoms with Crippen LogP contribution in [0.4, 0.5) is 5.69 Å². The summed E-state index contributed by atoms with van der Waals surface area (Å²) >= 11 is 0. The van der Waals surface area contributed by atoms with Crippen LogP contribution in [0.5, 0.6) is 0 Å². The van der Waals surface area contributed by atoms with Crippen LogP contribution in [0.25, 0.3) is 11.1 Å². The molecule has 102 valence electrons. The van der Waals surface area contributed by atoms with E-state index in [4.69, 9.17) is 10.2 Å². The predicted octanol–water partition coefficient (Wildman–Crippen LogP) is 3.10. The number of nitrogen functional groups attached to an aromatic ring is 1. The molecule has 3 atom stereocenters. The number of oxazole rings is 1. The van der Waals surface area contributed by atoms with E-state index in [-0.39, 0.29) is 5.25 Å². The number of aromatic nitrogens is 1. The van der Waals surface area contributed by atoms with Gasteiger partial charge in [0.1, 0.15) is 16.3 Å². The van der Waals surface area contributed by atoms with Gasteiger partial charge in [-0.15, -0.1) is 0 Å². The zero-order valence-electron chi connectivity index (χ0n) is 11.0. The first-order valence-corrected chi connectivity index (χ1v) is 7.91. The Morgan fingerprint density at radius 1 is 1.42 bits per heavy atom. The van der Waals surface area contributed by atoms with Crippen LogP contribution in [-0.4, -0.2) is 14.4 Å². The van der Waals surface area contributed by atoms with Crippen LogP contribution in [0.15, 0.2) is 27.8 Å². The van der Waals surface area contributed by atoms with E-state index in [2.05, 4.69) is 11.9 Å². The molecule has 0 spiro atoms. The monoisotopic (exact) mass is 278 g/mol. The van der Waals surface area contributed by atoms with Gasteiger partial charge in [0.25, 0.3) is 5.22 Å². The Morgan fingerprint density at radius 3 is 3.05 bits per heavy atom. The Balaban J connectivity index is 1.88. The molecule has 1 aliphatic carbocycles. The molecule has 1 aromatic carbocycles. The first-order chi connectivity index (χ1) is 9.13. The summed E-state index contributed by atoms with van der Waals surface area (Å²) in [6.07, 6.45) is 4.37. The zero-order chi connectivity index (χ0) is 13.4.